The Balaban J connectivity index is 0.997. The summed E-state index contributed by atoms with van der Waals surface area (Å²) in [7, 11) is 0. The maximum atomic E-state index is 5.10. The molecule has 0 N–H and O–H groups in total. The van der Waals surface area contributed by atoms with Gasteiger partial charge in [-0.15, -0.1) is 0 Å². The van der Waals surface area contributed by atoms with Crippen LogP contribution in [0.3, 0.4) is 0 Å². The summed E-state index contributed by atoms with van der Waals surface area (Å²) in [5.74, 6) is 1.02. The van der Waals surface area contributed by atoms with E-state index in [-0.39, 0.29) is 0 Å². The average Bonchev–Trinajstić information content (AvgIpc) is 3.64. The molecule has 0 aliphatic heterocycles. The Morgan fingerprint density at radius 2 is 1.00 bits per heavy atom. The molecule has 56 heavy (non-hydrogen) atoms. The number of hydrogen-bond donors (Lipinski definition) is 0. The fraction of sp³-hybridized carbons (Fsp3) is 0.0556. The minimum Gasteiger partial charge on any atom is -0.324 e. The number of rotatable bonds is 5. The summed E-state index contributed by atoms with van der Waals surface area (Å²) in [6.07, 6.45) is 0. The molecule has 0 amide bonds. The SMILES string of the molecule is CCn1c(-c2ccc(-c3ccc(-c4ccc5c(ccc6cccc(-c7cccc8ccc9cccc(C)c9c78)c65)c4)cc3)c3ccccc23)nc2ccccc21. The van der Waals surface area contributed by atoms with E-state index >= 15 is 0 Å². The van der Waals surface area contributed by atoms with Crippen LogP contribution >= 0.6 is 0 Å². The van der Waals surface area contributed by atoms with E-state index in [0.29, 0.717) is 0 Å². The van der Waals surface area contributed by atoms with Crippen LogP contribution in [0.1, 0.15) is 12.5 Å². The first-order chi connectivity index (χ1) is 27.6. The molecule has 2 nitrogen and oxygen atoms in total. The molecule has 0 aliphatic rings. The van der Waals surface area contributed by atoms with Crippen LogP contribution in [0.25, 0.3) is 110 Å². The molecule has 1 aromatic heterocycles. The van der Waals surface area contributed by atoms with E-state index in [2.05, 4.69) is 200 Å². The molecule has 0 unspecified atom stereocenters. The first-order valence-electron chi connectivity index (χ1n) is 19.6. The van der Waals surface area contributed by atoms with Crippen LogP contribution in [-0.4, -0.2) is 9.55 Å². The van der Waals surface area contributed by atoms with Crippen LogP contribution in [0.2, 0.25) is 0 Å². The van der Waals surface area contributed by atoms with Gasteiger partial charge in [0.25, 0.3) is 0 Å². The van der Waals surface area contributed by atoms with Gasteiger partial charge < -0.3 is 4.57 Å². The molecule has 264 valence electrons. The second-order valence-corrected chi connectivity index (χ2v) is 15.0. The summed E-state index contributed by atoms with van der Waals surface area (Å²) < 4.78 is 2.32. The van der Waals surface area contributed by atoms with Crippen LogP contribution in [0, 0.1) is 6.92 Å². The predicted molar refractivity (Wildman–Crippen MR) is 239 cm³/mol. The standard InChI is InChI=1S/C54H38N2/c1-3-56-50-20-7-6-19-49(50)55-54(56)48-32-31-42(44-15-4-5-16-45(44)48)36-23-21-35(22-24-36)40-29-30-43-41(33-40)28-27-38-13-9-17-46(52(38)43)47-18-10-14-39-26-25-37-12-8-11-34(2)51(37)53(39)47/h4-33H,3H2,1-2H3. The molecule has 0 saturated carbocycles. The highest BCUT2D eigenvalue weighted by molar-refractivity contribution is 6.21. The van der Waals surface area contributed by atoms with Crippen LogP contribution in [0.15, 0.2) is 182 Å². The molecule has 11 aromatic rings. The zero-order valence-corrected chi connectivity index (χ0v) is 31.4. The van der Waals surface area contributed by atoms with Gasteiger partial charge in [-0.3, -0.25) is 0 Å². The fourth-order valence-corrected chi connectivity index (χ4v) is 9.27. The van der Waals surface area contributed by atoms with Gasteiger partial charge >= 0.3 is 0 Å². The van der Waals surface area contributed by atoms with Crippen molar-refractivity contribution in [3.8, 4) is 44.8 Å². The lowest BCUT2D eigenvalue weighted by atomic mass is 9.88. The van der Waals surface area contributed by atoms with Gasteiger partial charge in [-0.05, 0) is 131 Å². The summed E-state index contributed by atoms with van der Waals surface area (Å²) in [5, 5.41) is 12.7. The van der Waals surface area contributed by atoms with Gasteiger partial charge in [0.05, 0.1) is 11.0 Å². The highest BCUT2D eigenvalue weighted by Crippen LogP contribution is 2.42. The van der Waals surface area contributed by atoms with Crippen molar-refractivity contribution < 1.29 is 0 Å². The van der Waals surface area contributed by atoms with Crippen molar-refractivity contribution >= 4 is 64.9 Å². The Labute approximate surface area is 325 Å². The molecule has 2 heteroatoms. The summed E-state index contributed by atoms with van der Waals surface area (Å²) in [6.45, 7) is 5.29. The van der Waals surface area contributed by atoms with E-state index in [1.165, 1.54) is 98.3 Å². The average molecular weight is 715 g/mol. The van der Waals surface area contributed by atoms with Crippen LogP contribution in [-0.2, 0) is 6.54 Å². The summed E-state index contributed by atoms with van der Waals surface area (Å²) >= 11 is 0. The van der Waals surface area contributed by atoms with Gasteiger partial charge in [-0.2, -0.15) is 0 Å². The molecule has 1 heterocycles. The van der Waals surface area contributed by atoms with Gasteiger partial charge in [-0.25, -0.2) is 4.98 Å². The molecular weight excluding hydrogens is 677 g/mol. The topological polar surface area (TPSA) is 17.8 Å². The third-order valence-corrected chi connectivity index (χ3v) is 11.9. The molecule has 0 bridgehead atoms. The monoisotopic (exact) mass is 714 g/mol. The number of aromatic nitrogens is 2. The molecule has 0 saturated heterocycles. The quantitative estimate of drug-likeness (QED) is 0.162. The van der Waals surface area contributed by atoms with Gasteiger partial charge in [0.15, 0.2) is 0 Å². The van der Waals surface area contributed by atoms with Gasteiger partial charge in [0.1, 0.15) is 5.82 Å². The first kappa shape index (κ1) is 32.4. The number of nitrogens with zero attached hydrogens (tertiary/aromatic N) is 2. The van der Waals surface area contributed by atoms with Crippen LogP contribution in [0.5, 0.6) is 0 Å². The highest BCUT2D eigenvalue weighted by atomic mass is 15.1. The van der Waals surface area contributed by atoms with Gasteiger partial charge in [-0.1, -0.05) is 158 Å². The van der Waals surface area contributed by atoms with Crippen molar-refractivity contribution in [2.45, 2.75) is 20.4 Å². The Kier molecular flexibility index (Phi) is 7.40. The number of imidazole rings is 1. The largest absolute Gasteiger partial charge is 0.324 e. The van der Waals surface area contributed by atoms with E-state index < -0.39 is 0 Å². The number of benzene rings is 10. The summed E-state index contributed by atoms with van der Waals surface area (Å²) in [5.41, 5.74) is 12.1. The molecule has 0 aliphatic carbocycles. The number of para-hydroxylation sites is 2. The van der Waals surface area contributed by atoms with Crippen molar-refractivity contribution in [1.82, 2.24) is 9.55 Å². The number of fused-ring (bicyclic) bond motifs is 8. The van der Waals surface area contributed by atoms with Crippen molar-refractivity contribution in [3.63, 3.8) is 0 Å². The smallest absolute Gasteiger partial charge is 0.141 e. The lowest BCUT2D eigenvalue weighted by molar-refractivity contribution is 0.797. The minimum absolute atomic E-state index is 0.862. The zero-order chi connectivity index (χ0) is 37.3. The number of hydrogen-bond acceptors (Lipinski definition) is 1. The van der Waals surface area contributed by atoms with Crippen molar-refractivity contribution in [2.24, 2.45) is 0 Å². The van der Waals surface area contributed by atoms with Gasteiger partial charge in [0, 0.05) is 12.1 Å². The Morgan fingerprint density at radius 3 is 1.77 bits per heavy atom. The molecule has 0 fully saturated rings. The Hall–Kier alpha value is -7.03. The Bertz CT molecular complexity index is 3350. The normalized spacial score (nSPS) is 11.8. The third-order valence-electron chi connectivity index (χ3n) is 11.9. The molecule has 0 radical (unpaired) electrons. The molecule has 0 spiro atoms. The molecule has 11 rings (SSSR count). The van der Waals surface area contributed by atoms with E-state index in [1.807, 2.05) is 0 Å². The lowest BCUT2D eigenvalue weighted by Crippen LogP contribution is -1.98. The van der Waals surface area contributed by atoms with Gasteiger partial charge in [0.2, 0.25) is 0 Å². The second-order valence-electron chi connectivity index (χ2n) is 15.0. The summed E-state index contributed by atoms with van der Waals surface area (Å²) in [6, 6.07) is 67.0. The Morgan fingerprint density at radius 1 is 0.411 bits per heavy atom. The van der Waals surface area contributed by atoms with E-state index in [9.17, 15) is 0 Å². The maximum Gasteiger partial charge on any atom is 0.141 e. The van der Waals surface area contributed by atoms with Crippen molar-refractivity contribution in [2.75, 3.05) is 0 Å². The zero-order valence-electron chi connectivity index (χ0n) is 31.4. The predicted octanol–water partition coefficient (Wildman–Crippen LogP) is 14.8. The van der Waals surface area contributed by atoms with Crippen molar-refractivity contribution in [3.05, 3.63) is 188 Å². The van der Waals surface area contributed by atoms with Crippen LogP contribution in [0.4, 0.5) is 0 Å². The van der Waals surface area contributed by atoms with E-state index in [4.69, 9.17) is 4.98 Å². The van der Waals surface area contributed by atoms with Crippen molar-refractivity contribution in [1.29, 1.82) is 0 Å². The molecular formula is C54H38N2. The minimum atomic E-state index is 0.862. The highest BCUT2D eigenvalue weighted by Gasteiger charge is 2.17. The maximum absolute atomic E-state index is 5.10. The van der Waals surface area contributed by atoms with E-state index in [1.54, 1.807) is 0 Å². The third kappa shape index (κ3) is 4.99. The summed E-state index contributed by atoms with van der Waals surface area (Å²) in [4.78, 5) is 5.10. The second kappa shape index (κ2) is 12.8. The van der Waals surface area contributed by atoms with E-state index in [0.717, 1.165) is 23.4 Å². The lowest BCUT2D eigenvalue weighted by Gasteiger charge is -2.16. The first-order valence-corrected chi connectivity index (χ1v) is 19.6. The van der Waals surface area contributed by atoms with Crippen LogP contribution < -0.4 is 0 Å². The number of aryl methyl sites for hydroxylation is 2. The fourth-order valence-electron chi connectivity index (χ4n) is 9.27. The molecule has 0 atom stereocenters. The molecule has 10 aromatic carbocycles.